The maximum absolute atomic E-state index is 5.31. The third-order valence-electron chi connectivity index (χ3n) is 1.73. The molecule has 0 saturated heterocycles. The molecule has 1 nitrogen and oxygen atoms in total. The van der Waals surface area contributed by atoms with Crippen molar-refractivity contribution in [2.45, 2.75) is 30.3 Å². The van der Waals surface area contributed by atoms with Gasteiger partial charge in [-0.05, 0) is 18.6 Å². The molecule has 0 aliphatic rings. The van der Waals surface area contributed by atoms with Crippen LogP contribution in [0.15, 0.2) is 0 Å². The molecule has 3 unspecified atom stereocenters. The fraction of sp³-hybridized carbons (Fsp3) is 1.00. The molecule has 0 spiro atoms. The quantitative estimate of drug-likeness (QED) is 0.397. The Morgan fingerprint density at radius 2 is 2.00 bits per heavy atom. The highest BCUT2D eigenvalue weighted by Gasteiger charge is 2.13. The second-order valence-corrected chi connectivity index (χ2v) is 6.79. The summed E-state index contributed by atoms with van der Waals surface area (Å²) >= 11 is 6.15. The lowest BCUT2D eigenvalue weighted by Crippen LogP contribution is -2.10. The van der Waals surface area contributed by atoms with Crippen molar-refractivity contribution in [1.29, 1.82) is 0 Å². The zero-order valence-electron chi connectivity index (χ0n) is 8.75. The molecule has 0 aromatic carbocycles. The number of rotatable bonds is 7. The number of thioether (sulfide) groups is 2. The van der Waals surface area contributed by atoms with Crippen molar-refractivity contribution in [2.24, 2.45) is 5.92 Å². The molecule has 0 rings (SSSR count). The molecule has 0 amide bonds. The van der Waals surface area contributed by atoms with E-state index in [2.05, 4.69) is 42.7 Å². The highest BCUT2D eigenvalue weighted by atomic mass is 127. The number of methoxy groups -OCH3 is 1. The number of halogens is 1. The lowest BCUT2D eigenvalue weighted by atomic mass is 10.1. The molecule has 0 aromatic heterocycles. The lowest BCUT2D eigenvalue weighted by molar-refractivity contribution is 0.234. The minimum absolute atomic E-state index is 0.302. The summed E-state index contributed by atoms with van der Waals surface area (Å²) in [6, 6.07) is 0. The fourth-order valence-electron chi connectivity index (χ4n) is 1.08. The van der Waals surface area contributed by atoms with Crippen molar-refractivity contribution in [3.8, 4) is 0 Å². The van der Waals surface area contributed by atoms with Crippen molar-refractivity contribution in [2.75, 3.05) is 17.8 Å². The Morgan fingerprint density at radius 1 is 1.38 bits per heavy atom. The van der Waals surface area contributed by atoms with Crippen molar-refractivity contribution >= 4 is 46.1 Å². The molecule has 0 bridgehead atoms. The summed E-state index contributed by atoms with van der Waals surface area (Å²) in [6.45, 7) is 4.60. The molecule has 3 atom stereocenters. The monoisotopic (exact) mass is 334 g/mol. The van der Waals surface area contributed by atoms with Gasteiger partial charge in [0, 0.05) is 16.8 Å². The van der Waals surface area contributed by atoms with Gasteiger partial charge < -0.3 is 4.74 Å². The molecule has 0 heterocycles. The SMILES string of the molecule is COC(SC)SC(C)CC(C)CI. The van der Waals surface area contributed by atoms with Crippen molar-refractivity contribution < 1.29 is 4.74 Å². The van der Waals surface area contributed by atoms with Gasteiger partial charge in [0.1, 0.15) is 4.77 Å². The number of alkyl halides is 1. The minimum Gasteiger partial charge on any atom is -0.361 e. The molecule has 80 valence electrons. The average molecular weight is 334 g/mol. The van der Waals surface area contributed by atoms with Crippen LogP contribution in [0.1, 0.15) is 20.3 Å². The van der Waals surface area contributed by atoms with Crippen LogP contribution in [0.4, 0.5) is 0 Å². The van der Waals surface area contributed by atoms with Crippen LogP contribution in [0, 0.1) is 5.92 Å². The minimum atomic E-state index is 0.302. The number of hydrogen-bond donors (Lipinski definition) is 0. The Kier molecular flexibility index (Phi) is 9.61. The van der Waals surface area contributed by atoms with Gasteiger partial charge >= 0.3 is 0 Å². The largest absolute Gasteiger partial charge is 0.361 e. The Morgan fingerprint density at radius 3 is 2.38 bits per heavy atom. The maximum atomic E-state index is 5.31. The van der Waals surface area contributed by atoms with Crippen LogP contribution in [-0.2, 0) is 4.74 Å². The van der Waals surface area contributed by atoms with E-state index in [0.29, 0.717) is 10.0 Å². The van der Waals surface area contributed by atoms with Crippen LogP contribution in [0.25, 0.3) is 0 Å². The van der Waals surface area contributed by atoms with E-state index in [1.165, 1.54) is 10.8 Å². The standard InChI is InChI=1S/C9H19IOS2/c1-7(6-10)5-8(2)13-9(11-3)12-4/h7-9H,5-6H2,1-4H3. The molecule has 0 aliphatic heterocycles. The Labute approximate surface area is 104 Å². The highest BCUT2D eigenvalue weighted by molar-refractivity contribution is 14.1. The van der Waals surface area contributed by atoms with Gasteiger partial charge in [0.05, 0.1) is 0 Å². The average Bonchev–Trinajstić information content (AvgIpc) is 2.13. The fourth-order valence-corrected chi connectivity index (χ4v) is 3.58. The van der Waals surface area contributed by atoms with Crippen LogP contribution in [0.2, 0.25) is 0 Å². The molecular formula is C9H19IOS2. The molecule has 0 aromatic rings. The van der Waals surface area contributed by atoms with Gasteiger partial charge in [-0.3, -0.25) is 0 Å². The zero-order valence-corrected chi connectivity index (χ0v) is 12.5. The predicted octanol–water partition coefficient (Wildman–Crippen LogP) is 3.86. The van der Waals surface area contributed by atoms with Crippen LogP contribution < -0.4 is 0 Å². The Balaban J connectivity index is 3.65. The van der Waals surface area contributed by atoms with E-state index < -0.39 is 0 Å². The summed E-state index contributed by atoms with van der Waals surface area (Å²) in [4.78, 5) is 0. The number of ether oxygens (including phenoxy) is 1. The summed E-state index contributed by atoms with van der Waals surface area (Å²) in [7, 11) is 1.78. The molecular weight excluding hydrogens is 315 g/mol. The lowest BCUT2D eigenvalue weighted by Gasteiger charge is -2.19. The summed E-state index contributed by atoms with van der Waals surface area (Å²) in [5.41, 5.74) is 0. The van der Waals surface area contributed by atoms with E-state index in [0.717, 1.165) is 5.92 Å². The van der Waals surface area contributed by atoms with Gasteiger partial charge in [-0.25, -0.2) is 0 Å². The first-order valence-electron chi connectivity index (χ1n) is 4.41. The Bertz CT molecular complexity index is 120. The third kappa shape index (κ3) is 7.33. The highest BCUT2D eigenvalue weighted by Crippen LogP contribution is 2.29. The first kappa shape index (κ1) is 14.4. The van der Waals surface area contributed by atoms with E-state index in [1.54, 1.807) is 18.9 Å². The summed E-state index contributed by atoms with van der Waals surface area (Å²) in [6.07, 6.45) is 3.38. The van der Waals surface area contributed by atoms with E-state index >= 15 is 0 Å². The van der Waals surface area contributed by atoms with Crippen LogP contribution in [-0.4, -0.2) is 27.8 Å². The summed E-state index contributed by atoms with van der Waals surface area (Å²) in [5, 5.41) is 0.696. The van der Waals surface area contributed by atoms with Crippen molar-refractivity contribution in [1.82, 2.24) is 0 Å². The molecule has 0 N–H and O–H groups in total. The second kappa shape index (κ2) is 8.68. The first-order chi connectivity index (χ1) is 6.13. The van der Waals surface area contributed by atoms with Gasteiger partial charge in [-0.15, -0.1) is 23.5 Å². The maximum Gasteiger partial charge on any atom is 0.149 e. The normalized spacial score (nSPS) is 18.2. The van der Waals surface area contributed by atoms with Gasteiger partial charge in [0.25, 0.3) is 0 Å². The van der Waals surface area contributed by atoms with Crippen LogP contribution in [0.5, 0.6) is 0 Å². The van der Waals surface area contributed by atoms with Gasteiger partial charge in [-0.2, -0.15) is 0 Å². The van der Waals surface area contributed by atoms with Crippen LogP contribution >= 0.6 is 46.1 Å². The van der Waals surface area contributed by atoms with Gasteiger partial charge in [-0.1, -0.05) is 36.4 Å². The molecule has 4 heteroatoms. The predicted molar refractivity (Wildman–Crippen MR) is 74.0 cm³/mol. The van der Waals surface area contributed by atoms with E-state index in [4.69, 9.17) is 4.74 Å². The Hall–Kier alpha value is 1.39. The molecule has 0 aliphatic carbocycles. The number of hydrogen-bond acceptors (Lipinski definition) is 3. The van der Waals surface area contributed by atoms with Gasteiger partial charge in [0.15, 0.2) is 0 Å². The molecule has 0 radical (unpaired) electrons. The molecule has 0 saturated carbocycles. The third-order valence-corrected chi connectivity index (χ3v) is 5.79. The van der Waals surface area contributed by atoms with E-state index in [1.807, 2.05) is 11.8 Å². The summed E-state index contributed by atoms with van der Waals surface area (Å²) < 4.78 is 6.86. The second-order valence-electron chi connectivity index (χ2n) is 3.20. The molecule has 13 heavy (non-hydrogen) atoms. The smallest absolute Gasteiger partial charge is 0.149 e. The van der Waals surface area contributed by atoms with E-state index in [-0.39, 0.29) is 0 Å². The van der Waals surface area contributed by atoms with Crippen molar-refractivity contribution in [3.05, 3.63) is 0 Å². The first-order valence-corrected chi connectivity index (χ1v) is 8.16. The summed E-state index contributed by atoms with van der Waals surface area (Å²) in [5.74, 6) is 0.822. The topological polar surface area (TPSA) is 9.23 Å². The zero-order chi connectivity index (χ0) is 10.3. The van der Waals surface area contributed by atoms with E-state index in [9.17, 15) is 0 Å². The van der Waals surface area contributed by atoms with Crippen molar-refractivity contribution in [3.63, 3.8) is 0 Å². The molecule has 0 fully saturated rings. The van der Waals surface area contributed by atoms with Crippen LogP contribution in [0.3, 0.4) is 0 Å². The van der Waals surface area contributed by atoms with Gasteiger partial charge in [0.2, 0.25) is 0 Å².